The lowest BCUT2D eigenvalue weighted by Crippen LogP contribution is -2.29. The maximum atomic E-state index is 5.54. The molecule has 0 amide bonds. The van der Waals surface area contributed by atoms with Crippen molar-refractivity contribution in [3.8, 4) is 0 Å². The molecule has 1 aliphatic heterocycles. The Balaban J connectivity index is 1.69. The molecule has 2 spiro atoms. The summed E-state index contributed by atoms with van der Waals surface area (Å²) in [6.07, 6.45) is 11.7. The van der Waals surface area contributed by atoms with Crippen LogP contribution >= 0.6 is 0 Å². The van der Waals surface area contributed by atoms with Gasteiger partial charge in [-0.15, -0.1) is 0 Å². The highest BCUT2D eigenvalue weighted by molar-refractivity contribution is 5.01. The van der Waals surface area contributed by atoms with Crippen molar-refractivity contribution in [3.05, 3.63) is 0 Å². The third kappa shape index (κ3) is 1.02. The smallest absolute Gasteiger partial charge is 0.0917 e. The van der Waals surface area contributed by atoms with Gasteiger partial charge in [-0.1, -0.05) is 12.8 Å². The first-order valence-corrected chi connectivity index (χ1v) is 5.47. The van der Waals surface area contributed by atoms with Gasteiger partial charge in [0.1, 0.15) is 0 Å². The molecule has 1 heteroatoms. The summed E-state index contributed by atoms with van der Waals surface area (Å²) in [5.74, 6) is 0. The Kier molecular flexibility index (Phi) is 1.39. The maximum absolute atomic E-state index is 5.54. The normalized spacial score (nSPS) is 36.0. The lowest BCUT2D eigenvalue weighted by Gasteiger charge is -2.36. The molecular weight excluding hydrogens is 148 g/mol. The fourth-order valence-corrected chi connectivity index (χ4v) is 3.25. The van der Waals surface area contributed by atoms with Crippen molar-refractivity contribution in [2.45, 2.75) is 57.0 Å². The summed E-state index contributed by atoms with van der Waals surface area (Å²) in [6, 6.07) is 0. The molecule has 0 aromatic rings. The predicted octanol–water partition coefficient (Wildman–Crippen LogP) is 2.89. The van der Waals surface area contributed by atoms with Crippen LogP contribution in [0.1, 0.15) is 51.4 Å². The Hall–Kier alpha value is -0.0400. The van der Waals surface area contributed by atoms with Crippen LogP contribution in [0.2, 0.25) is 0 Å². The molecule has 0 atom stereocenters. The molecule has 2 aliphatic carbocycles. The number of hydrogen-bond donors (Lipinski definition) is 0. The Morgan fingerprint density at radius 1 is 0.750 bits per heavy atom. The predicted molar refractivity (Wildman–Crippen MR) is 48.1 cm³/mol. The quantitative estimate of drug-likeness (QED) is 0.504. The van der Waals surface area contributed by atoms with E-state index < -0.39 is 0 Å². The van der Waals surface area contributed by atoms with E-state index in [-0.39, 0.29) is 0 Å². The summed E-state index contributed by atoms with van der Waals surface area (Å²) in [5.41, 5.74) is 1.20. The Morgan fingerprint density at radius 2 is 1.33 bits per heavy atom. The third-order valence-corrected chi connectivity index (χ3v) is 4.44. The molecule has 0 radical (unpaired) electrons. The summed E-state index contributed by atoms with van der Waals surface area (Å²) in [7, 11) is 0. The van der Waals surface area contributed by atoms with Gasteiger partial charge in [0.05, 0.1) is 12.2 Å². The second-order valence-corrected chi connectivity index (χ2v) is 5.18. The second kappa shape index (κ2) is 2.25. The van der Waals surface area contributed by atoms with Gasteiger partial charge in [-0.3, -0.25) is 0 Å². The van der Waals surface area contributed by atoms with Gasteiger partial charge in [0, 0.05) is 0 Å². The first-order valence-electron chi connectivity index (χ1n) is 5.47. The van der Waals surface area contributed by atoms with E-state index in [1.54, 1.807) is 0 Å². The lowest BCUT2D eigenvalue weighted by atomic mass is 9.69. The molecule has 1 heterocycles. The molecule has 0 aromatic carbocycles. The van der Waals surface area contributed by atoms with Crippen molar-refractivity contribution in [1.29, 1.82) is 0 Å². The number of epoxide rings is 1. The van der Waals surface area contributed by atoms with Gasteiger partial charge < -0.3 is 4.74 Å². The third-order valence-electron chi connectivity index (χ3n) is 4.44. The molecular formula is C11H18O. The van der Waals surface area contributed by atoms with Crippen LogP contribution in [0.15, 0.2) is 0 Å². The van der Waals surface area contributed by atoms with E-state index in [0.717, 1.165) is 12.0 Å². The Morgan fingerprint density at radius 3 is 1.83 bits per heavy atom. The minimum absolute atomic E-state index is 0.411. The number of hydrogen-bond acceptors (Lipinski definition) is 1. The van der Waals surface area contributed by atoms with E-state index in [1.807, 2.05) is 0 Å². The zero-order valence-electron chi connectivity index (χ0n) is 7.77. The van der Waals surface area contributed by atoms with Crippen LogP contribution in [0.4, 0.5) is 0 Å². The molecule has 0 N–H and O–H groups in total. The average molecular weight is 166 g/mol. The van der Waals surface area contributed by atoms with Gasteiger partial charge >= 0.3 is 0 Å². The summed E-state index contributed by atoms with van der Waals surface area (Å²) >= 11 is 0. The van der Waals surface area contributed by atoms with Gasteiger partial charge in [-0.05, 0) is 43.9 Å². The minimum Gasteiger partial charge on any atom is -0.370 e. The molecule has 12 heavy (non-hydrogen) atoms. The molecule has 1 nitrogen and oxygen atoms in total. The zero-order chi connectivity index (χ0) is 8.07. The van der Waals surface area contributed by atoms with Gasteiger partial charge in [-0.25, -0.2) is 0 Å². The van der Waals surface area contributed by atoms with E-state index in [2.05, 4.69) is 0 Å². The molecule has 3 fully saturated rings. The van der Waals surface area contributed by atoms with Gasteiger partial charge in [-0.2, -0.15) is 0 Å². The van der Waals surface area contributed by atoms with Crippen molar-refractivity contribution >= 4 is 0 Å². The molecule has 0 unspecified atom stereocenters. The van der Waals surface area contributed by atoms with E-state index >= 15 is 0 Å². The minimum atomic E-state index is 0.411. The lowest BCUT2D eigenvalue weighted by molar-refractivity contribution is 0.123. The summed E-state index contributed by atoms with van der Waals surface area (Å²) in [6.45, 7) is 1.07. The zero-order valence-corrected chi connectivity index (χ0v) is 7.77. The van der Waals surface area contributed by atoms with Crippen molar-refractivity contribution < 1.29 is 4.74 Å². The van der Waals surface area contributed by atoms with Gasteiger partial charge in [0.2, 0.25) is 0 Å². The van der Waals surface area contributed by atoms with Crippen LogP contribution in [-0.2, 0) is 4.74 Å². The van der Waals surface area contributed by atoms with Crippen LogP contribution in [0.25, 0.3) is 0 Å². The topological polar surface area (TPSA) is 12.5 Å². The van der Waals surface area contributed by atoms with Gasteiger partial charge in [0.25, 0.3) is 0 Å². The number of ether oxygens (including phenoxy) is 1. The van der Waals surface area contributed by atoms with Crippen LogP contribution in [-0.4, -0.2) is 12.2 Å². The monoisotopic (exact) mass is 166 g/mol. The van der Waals surface area contributed by atoms with Crippen LogP contribution in [0, 0.1) is 5.41 Å². The molecule has 2 saturated carbocycles. The first-order chi connectivity index (χ1) is 5.83. The second-order valence-electron chi connectivity index (χ2n) is 5.18. The fraction of sp³-hybridized carbons (Fsp3) is 1.00. The van der Waals surface area contributed by atoms with Crippen LogP contribution in [0.3, 0.4) is 0 Å². The SMILES string of the molecule is C1CCC2(C1)CCC1(CC2)CO1. The standard InChI is InChI=1S/C11H18O/c1-2-4-10(3-1)5-7-11(8-6-10)9-12-11/h1-9H2. The van der Waals surface area contributed by atoms with Crippen molar-refractivity contribution in [1.82, 2.24) is 0 Å². The van der Waals surface area contributed by atoms with Crippen LogP contribution in [0.5, 0.6) is 0 Å². The average Bonchev–Trinajstić information content (AvgIpc) is 2.72. The Labute approximate surface area is 74.5 Å². The molecule has 3 aliphatic rings. The van der Waals surface area contributed by atoms with E-state index in [1.165, 1.54) is 51.4 Å². The van der Waals surface area contributed by atoms with Crippen molar-refractivity contribution in [2.75, 3.05) is 6.61 Å². The maximum Gasteiger partial charge on any atom is 0.0917 e. The Bertz CT molecular complexity index is 175. The van der Waals surface area contributed by atoms with E-state index in [4.69, 9.17) is 4.74 Å². The summed E-state index contributed by atoms with van der Waals surface area (Å²) < 4.78 is 5.54. The van der Waals surface area contributed by atoms with Gasteiger partial charge in [0.15, 0.2) is 0 Å². The highest BCUT2D eigenvalue weighted by Crippen LogP contribution is 2.55. The highest BCUT2D eigenvalue weighted by Gasteiger charge is 2.51. The summed E-state index contributed by atoms with van der Waals surface area (Å²) in [4.78, 5) is 0. The van der Waals surface area contributed by atoms with Crippen molar-refractivity contribution in [2.24, 2.45) is 5.41 Å². The molecule has 68 valence electrons. The molecule has 1 saturated heterocycles. The number of rotatable bonds is 0. The summed E-state index contributed by atoms with van der Waals surface area (Å²) in [5, 5.41) is 0. The highest BCUT2D eigenvalue weighted by atomic mass is 16.6. The fourth-order valence-electron chi connectivity index (χ4n) is 3.25. The largest absolute Gasteiger partial charge is 0.370 e. The van der Waals surface area contributed by atoms with E-state index in [0.29, 0.717) is 5.60 Å². The van der Waals surface area contributed by atoms with Crippen LogP contribution < -0.4 is 0 Å². The molecule has 0 aromatic heterocycles. The molecule has 0 bridgehead atoms. The molecule has 3 rings (SSSR count). The first kappa shape index (κ1) is 7.37. The van der Waals surface area contributed by atoms with E-state index in [9.17, 15) is 0 Å². The van der Waals surface area contributed by atoms with Crippen molar-refractivity contribution in [3.63, 3.8) is 0 Å².